The first-order chi connectivity index (χ1) is 13.2. The van der Waals surface area contributed by atoms with E-state index in [1.165, 1.54) is 17.8 Å². The fourth-order valence-corrected chi connectivity index (χ4v) is 4.26. The molecule has 0 saturated carbocycles. The van der Waals surface area contributed by atoms with Crippen LogP contribution in [0.25, 0.3) is 0 Å². The smallest absolute Gasteiger partial charge is 0.230 e. The zero-order valence-electron chi connectivity index (χ0n) is 16.9. The number of aryl methyl sites for hydroxylation is 1. The van der Waals surface area contributed by atoms with Crippen molar-refractivity contribution in [2.24, 2.45) is 0 Å². The number of amides is 1. The van der Waals surface area contributed by atoms with E-state index in [0.29, 0.717) is 22.3 Å². The number of hydrogen-bond donors (Lipinski definition) is 1. The van der Waals surface area contributed by atoms with Crippen LogP contribution < -0.4 is 10.1 Å². The molecule has 2 rings (SSSR count). The minimum atomic E-state index is -0.344. The second kappa shape index (κ2) is 10.2. The lowest BCUT2D eigenvalue weighted by atomic mass is 9.93. The lowest BCUT2D eigenvalue weighted by Crippen LogP contribution is -2.28. The Balaban J connectivity index is 1.99. The molecule has 3 nitrogen and oxygen atoms in total. The average molecular weight is 424 g/mol. The zero-order valence-corrected chi connectivity index (χ0v) is 18.5. The summed E-state index contributed by atoms with van der Waals surface area (Å²) < 4.78 is 19.3. The molecule has 1 unspecified atom stereocenters. The van der Waals surface area contributed by atoms with Crippen LogP contribution in [-0.4, -0.2) is 18.8 Å². The minimum absolute atomic E-state index is 0.0914. The van der Waals surface area contributed by atoms with Gasteiger partial charge in [-0.1, -0.05) is 31.5 Å². The Bertz CT molecular complexity index is 821. The molecule has 0 heterocycles. The molecule has 1 amide bonds. The molecule has 0 aromatic heterocycles. The van der Waals surface area contributed by atoms with Gasteiger partial charge in [0.2, 0.25) is 5.91 Å². The molecule has 0 aliphatic rings. The van der Waals surface area contributed by atoms with Gasteiger partial charge in [0.1, 0.15) is 11.6 Å². The van der Waals surface area contributed by atoms with Gasteiger partial charge < -0.3 is 10.1 Å². The highest BCUT2D eigenvalue weighted by molar-refractivity contribution is 7.99. The van der Waals surface area contributed by atoms with E-state index in [1.54, 1.807) is 19.2 Å². The number of halogens is 2. The van der Waals surface area contributed by atoms with Gasteiger partial charge in [-0.05, 0) is 60.7 Å². The first-order valence-corrected chi connectivity index (χ1v) is 10.8. The molecule has 152 valence electrons. The number of hydrogen-bond acceptors (Lipinski definition) is 3. The summed E-state index contributed by atoms with van der Waals surface area (Å²) in [4.78, 5) is 12.4. The van der Waals surface area contributed by atoms with E-state index < -0.39 is 0 Å². The molecule has 6 heteroatoms. The normalized spacial score (nSPS) is 12.1. The van der Waals surface area contributed by atoms with E-state index in [-0.39, 0.29) is 23.5 Å². The number of benzene rings is 2. The van der Waals surface area contributed by atoms with Gasteiger partial charge in [-0.2, -0.15) is 0 Å². The first kappa shape index (κ1) is 22.6. The van der Waals surface area contributed by atoms with Crippen LogP contribution in [0.15, 0.2) is 30.3 Å². The number of carbonyl (C=O) groups is 1. The molecule has 1 atom stereocenters. The van der Waals surface area contributed by atoms with Crippen molar-refractivity contribution in [2.75, 3.05) is 12.9 Å². The quantitative estimate of drug-likeness (QED) is 0.563. The Morgan fingerprint density at radius 1 is 1.25 bits per heavy atom. The lowest BCUT2D eigenvalue weighted by Gasteiger charge is -2.21. The molecule has 0 aliphatic carbocycles. The third-order valence-electron chi connectivity index (χ3n) is 4.63. The van der Waals surface area contributed by atoms with E-state index in [4.69, 9.17) is 16.3 Å². The van der Waals surface area contributed by atoms with Crippen LogP contribution in [0.3, 0.4) is 0 Å². The number of ether oxygens (including phenoxy) is 1. The largest absolute Gasteiger partial charge is 0.496 e. The van der Waals surface area contributed by atoms with Crippen molar-refractivity contribution in [3.8, 4) is 5.75 Å². The second-order valence-electron chi connectivity index (χ2n) is 7.09. The third-order valence-corrected chi connectivity index (χ3v) is 5.94. The van der Waals surface area contributed by atoms with Gasteiger partial charge in [-0.3, -0.25) is 4.79 Å². The van der Waals surface area contributed by atoms with E-state index in [0.717, 1.165) is 22.4 Å². The SMILES string of the molecule is COc1cc(C)c(C(C)NC(=O)CSCc2c(F)cccc2Cl)cc1C(C)C. The van der Waals surface area contributed by atoms with Crippen LogP contribution in [-0.2, 0) is 10.5 Å². The summed E-state index contributed by atoms with van der Waals surface area (Å²) in [6, 6.07) is 8.60. The summed E-state index contributed by atoms with van der Waals surface area (Å²) in [5.41, 5.74) is 3.69. The first-order valence-electron chi connectivity index (χ1n) is 9.23. The Kier molecular flexibility index (Phi) is 8.20. The van der Waals surface area contributed by atoms with Crippen LogP contribution in [0.1, 0.15) is 55.0 Å². The summed E-state index contributed by atoms with van der Waals surface area (Å²) >= 11 is 7.37. The fraction of sp³-hybridized carbons (Fsp3) is 0.409. The van der Waals surface area contributed by atoms with Crippen molar-refractivity contribution in [2.45, 2.75) is 45.4 Å². The second-order valence-corrected chi connectivity index (χ2v) is 8.48. The molecule has 0 spiro atoms. The molecule has 0 radical (unpaired) electrons. The van der Waals surface area contributed by atoms with Gasteiger partial charge in [0, 0.05) is 16.3 Å². The fourth-order valence-electron chi connectivity index (χ4n) is 3.09. The topological polar surface area (TPSA) is 38.3 Å². The Morgan fingerprint density at radius 3 is 2.57 bits per heavy atom. The highest BCUT2D eigenvalue weighted by Crippen LogP contribution is 2.32. The number of nitrogens with one attached hydrogen (secondary N) is 1. The predicted molar refractivity (Wildman–Crippen MR) is 116 cm³/mol. The van der Waals surface area contributed by atoms with Gasteiger partial charge >= 0.3 is 0 Å². The van der Waals surface area contributed by atoms with Crippen molar-refractivity contribution in [3.63, 3.8) is 0 Å². The molecule has 1 N–H and O–H groups in total. The Hall–Kier alpha value is -1.72. The zero-order chi connectivity index (χ0) is 20.8. The minimum Gasteiger partial charge on any atom is -0.496 e. The molecule has 0 saturated heterocycles. The van der Waals surface area contributed by atoms with Crippen LogP contribution in [0, 0.1) is 12.7 Å². The van der Waals surface area contributed by atoms with E-state index in [2.05, 4.69) is 25.2 Å². The molecule has 2 aromatic rings. The molecule has 2 aromatic carbocycles. The molecule has 0 fully saturated rings. The number of thioether (sulfide) groups is 1. The summed E-state index contributed by atoms with van der Waals surface area (Å²) in [7, 11) is 1.67. The monoisotopic (exact) mass is 423 g/mol. The van der Waals surface area contributed by atoms with Gasteiger partial charge in [0.25, 0.3) is 0 Å². The van der Waals surface area contributed by atoms with Crippen molar-refractivity contribution < 1.29 is 13.9 Å². The molecule has 0 aliphatic heterocycles. The average Bonchev–Trinajstić information content (AvgIpc) is 2.63. The summed E-state index contributed by atoms with van der Waals surface area (Å²) in [6.07, 6.45) is 0. The van der Waals surface area contributed by atoms with Crippen LogP contribution >= 0.6 is 23.4 Å². The number of carbonyl (C=O) groups excluding carboxylic acids is 1. The summed E-state index contributed by atoms with van der Waals surface area (Å²) in [5.74, 6) is 1.34. The summed E-state index contributed by atoms with van der Waals surface area (Å²) in [5, 5.41) is 3.41. The molecule has 0 bridgehead atoms. The van der Waals surface area contributed by atoms with Crippen LogP contribution in [0.2, 0.25) is 5.02 Å². The lowest BCUT2D eigenvalue weighted by molar-refractivity contribution is -0.119. The highest BCUT2D eigenvalue weighted by atomic mass is 35.5. The molecule has 28 heavy (non-hydrogen) atoms. The van der Waals surface area contributed by atoms with E-state index in [9.17, 15) is 9.18 Å². The van der Waals surface area contributed by atoms with E-state index >= 15 is 0 Å². The van der Waals surface area contributed by atoms with Gasteiger partial charge in [0.15, 0.2) is 0 Å². The number of methoxy groups -OCH3 is 1. The van der Waals surface area contributed by atoms with Crippen LogP contribution in [0.4, 0.5) is 4.39 Å². The highest BCUT2D eigenvalue weighted by Gasteiger charge is 2.17. The van der Waals surface area contributed by atoms with Crippen molar-refractivity contribution in [3.05, 3.63) is 63.4 Å². The maximum atomic E-state index is 13.8. The third kappa shape index (κ3) is 5.65. The van der Waals surface area contributed by atoms with Gasteiger partial charge in [0.05, 0.1) is 18.9 Å². The Morgan fingerprint density at radius 2 is 1.96 bits per heavy atom. The van der Waals surface area contributed by atoms with Gasteiger partial charge in [-0.15, -0.1) is 11.8 Å². The summed E-state index contributed by atoms with van der Waals surface area (Å²) in [6.45, 7) is 8.21. The van der Waals surface area contributed by atoms with Crippen molar-refractivity contribution >= 4 is 29.3 Å². The van der Waals surface area contributed by atoms with Crippen molar-refractivity contribution in [1.29, 1.82) is 0 Å². The predicted octanol–water partition coefficient (Wildman–Crippen LogP) is 6.03. The van der Waals surface area contributed by atoms with Crippen molar-refractivity contribution in [1.82, 2.24) is 5.32 Å². The van der Waals surface area contributed by atoms with E-state index in [1.807, 2.05) is 19.9 Å². The maximum absolute atomic E-state index is 13.8. The van der Waals surface area contributed by atoms with Crippen LogP contribution in [0.5, 0.6) is 5.75 Å². The Labute approximate surface area is 176 Å². The van der Waals surface area contributed by atoms with Gasteiger partial charge in [-0.25, -0.2) is 4.39 Å². The number of rotatable bonds is 8. The standard InChI is InChI=1S/C22H27ClFNO2S/c1-13(2)16-10-17(14(3)9-21(16)27-5)15(4)25-22(26)12-28-11-18-19(23)7-6-8-20(18)24/h6-10,13,15H,11-12H2,1-5H3,(H,25,26). The molecular formula is C22H27ClFNO2S. The molecular weight excluding hydrogens is 397 g/mol. The maximum Gasteiger partial charge on any atom is 0.230 e.